The molecule has 0 fully saturated rings. The smallest absolute Gasteiger partial charge is 0.165 e. The van der Waals surface area contributed by atoms with Crippen LogP contribution >= 0.6 is 11.3 Å². The molecule has 0 aliphatic heterocycles. The highest BCUT2D eigenvalue weighted by molar-refractivity contribution is 7.09. The molecule has 0 saturated heterocycles. The quantitative estimate of drug-likeness (QED) is 0.760. The molecule has 0 saturated carbocycles. The summed E-state index contributed by atoms with van der Waals surface area (Å²) in [7, 11) is 1.65. The summed E-state index contributed by atoms with van der Waals surface area (Å²) in [4.78, 5) is 4.12. The van der Waals surface area contributed by atoms with Crippen molar-refractivity contribution in [2.45, 2.75) is 13.2 Å². The Morgan fingerprint density at radius 2 is 2.30 bits per heavy atom. The van der Waals surface area contributed by atoms with Crippen LogP contribution in [0.2, 0.25) is 0 Å². The minimum absolute atomic E-state index is 0.281. The highest BCUT2D eigenvalue weighted by Gasteiger charge is 2.10. The molecule has 0 aliphatic rings. The van der Waals surface area contributed by atoms with Gasteiger partial charge < -0.3 is 14.8 Å². The van der Waals surface area contributed by atoms with Gasteiger partial charge >= 0.3 is 0 Å². The van der Waals surface area contributed by atoms with Crippen molar-refractivity contribution in [1.82, 2.24) is 10.3 Å². The summed E-state index contributed by atoms with van der Waals surface area (Å²) in [6.07, 6.45) is 1.71. The Bertz CT molecular complexity index is 520. The molecule has 0 unspecified atom stereocenters. The number of rotatable bonds is 8. The van der Waals surface area contributed by atoms with E-state index >= 15 is 0 Å². The molecule has 20 heavy (non-hydrogen) atoms. The van der Waals surface area contributed by atoms with E-state index in [0.717, 1.165) is 10.6 Å². The van der Waals surface area contributed by atoms with E-state index in [9.17, 15) is 4.39 Å². The Morgan fingerprint density at radius 1 is 1.40 bits per heavy atom. The van der Waals surface area contributed by atoms with Crippen LogP contribution in [0.4, 0.5) is 4.39 Å². The van der Waals surface area contributed by atoms with Crippen molar-refractivity contribution in [1.29, 1.82) is 0 Å². The number of methoxy groups -OCH3 is 1. The van der Waals surface area contributed by atoms with Gasteiger partial charge in [-0.2, -0.15) is 0 Å². The molecule has 1 aromatic carbocycles. The number of aromatic nitrogens is 1. The van der Waals surface area contributed by atoms with Gasteiger partial charge in [0.2, 0.25) is 0 Å². The summed E-state index contributed by atoms with van der Waals surface area (Å²) < 4.78 is 24.4. The van der Waals surface area contributed by atoms with E-state index in [1.54, 1.807) is 19.4 Å². The van der Waals surface area contributed by atoms with Crippen LogP contribution in [0.3, 0.4) is 0 Å². The average molecular weight is 296 g/mol. The van der Waals surface area contributed by atoms with Gasteiger partial charge in [-0.1, -0.05) is 12.1 Å². The van der Waals surface area contributed by atoms with Gasteiger partial charge in [-0.25, -0.2) is 9.37 Å². The summed E-state index contributed by atoms with van der Waals surface area (Å²) in [5, 5.41) is 5.87. The summed E-state index contributed by atoms with van der Waals surface area (Å²) in [5.74, 6) is -0.0692. The molecule has 0 spiro atoms. The van der Waals surface area contributed by atoms with Gasteiger partial charge in [0.05, 0.1) is 6.61 Å². The molecule has 0 aliphatic carbocycles. The highest BCUT2D eigenvalue weighted by Crippen LogP contribution is 2.24. The van der Waals surface area contributed by atoms with E-state index in [-0.39, 0.29) is 18.2 Å². The third kappa shape index (κ3) is 4.26. The Balaban J connectivity index is 1.98. The Kier molecular flexibility index (Phi) is 5.91. The number of nitrogens with one attached hydrogen (secondary N) is 1. The van der Waals surface area contributed by atoms with Gasteiger partial charge in [-0.05, 0) is 6.07 Å². The second-order valence-corrected chi connectivity index (χ2v) is 5.09. The summed E-state index contributed by atoms with van der Waals surface area (Å²) in [6.45, 7) is 2.14. The zero-order valence-corrected chi connectivity index (χ0v) is 12.1. The molecule has 2 rings (SSSR count). The number of ether oxygens (including phenoxy) is 2. The summed E-state index contributed by atoms with van der Waals surface area (Å²) in [6, 6.07) is 4.93. The van der Waals surface area contributed by atoms with Crippen molar-refractivity contribution in [2.24, 2.45) is 0 Å². The second kappa shape index (κ2) is 7.94. The predicted octanol–water partition coefficient (Wildman–Crippen LogP) is 2.60. The third-order valence-electron chi connectivity index (χ3n) is 2.67. The topological polar surface area (TPSA) is 43.4 Å². The maximum atomic E-state index is 13.9. The van der Waals surface area contributed by atoms with Crippen LogP contribution in [0.25, 0.3) is 0 Å². The number of halogens is 1. The van der Waals surface area contributed by atoms with Gasteiger partial charge in [-0.15, -0.1) is 11.3 Å². The fourth-order valence-corrected chi connectivity index (χ4v) is 2.24. The zero-order chi connectivity index (χ0) is 14.2. The lowest BCUT2D eigenvalue weighted by atomic mass is 10.2. The number of benzene rings is 1. The highest BCUT2D eigenvalue weighted by atomic mass is 32.1. The first kappa shape index (κ1) is 14.9. The predicted molar refractivity (Wildman–Crippen MR) is 76.4 cm³/mol. The molecular formula is C14H17FN2O2S. The van der Waals surface area contributed by atoms with Gasteiger partial charge in [0, 0.05) is 37.3 Å². The van der Waals surface area contributed by atoms with Crippen molar-refractivity contribution in [2.75, 3.05) is 20.3 Å². The van der Waals surface area contributed by atoms with Crippen LogP contribution in [-0.4, -0.2) is 25.2 Å². The third-order valence-corrected chi connectivity index (χ3v) is 3.42. The molecule has 1 N–H and O–H groups in total. The fraction of sp³-hybridized carbons (Fsp3) is 0.357. The van der Waals surface area contributed by atoms with Gasteiger partial charge in [0.15, 0.2) is 11.6 Å². The fourth-order valence-electron chi connectivity index (χ4n) is 1.71. The number of para-hydroxylation sites is 1. The molecule has 0 amide bonds. The number of hydrogen-bond acceptors (Lipinski definition) is 5. The van der Waals surface area contributed by atoms with E-state index in [0.29, 0.717) is 19.7 Å². The minimum Gasteiger partial charge on any atom is -0.483 e. The second-order valence-electron chi connectivity index (χ2n) is 4.11. The monoisotopic (exact) mass is 296 g/mol. The van der Waals surface area contributed by atoms with E-state index in [1.165, 1.54) is 17.4 Å². The van der Waals surface area contributed by atoms with Crippen LogP contribution < -0.4 is 10.1 Å². The van der Waals surface area contributed by atoms with E-state index in [4.69, 9.17) is 9.47 Å². The van der Waals surface area contributed by atoms with Crippen LogP contribution in [0.5, 0.6) is 5.75 Å². The Labute approximate surface area is 121 Å². The van der Waals surface area contributed by atoms with E-state index < -0.39 is 0 Å². The molecule has 108 valence electrons. The Hall–Kier alpha value is -1.50. The first-order chi connectivity index (χ1) is 9.81. The number of hydrogen-bond donors (Lipinski definition) is 1. The molecule has 0 bridgehead atoms. The number of nitrogens with zero attached hydrogens (tertiary/aromatic N) is 1. The largest absolute Gasteiger partial charge is 0.483 e. The molecular weight excluding hydrogens is 279 g/mol. The summed E-state index contributed by atoms with van der Waals surface area (Å²) >= 11 is 1.49. The van der Waals surface area contributed by atoms with Crippen LogP contribution in [0.15, 0.2) is 29.8 Å². The van der Waals surface area contributed by atoms with Crippen LogP contribution in [0, 0.1) is 5.82 Å². The lowest BCUT2D eigenvalue weighted by Crippen LogP contribution is -2.19. The van der Waals surface area contributed by atoms with Crippen LogP contribution in [-0.2, 0) is 17.9 Å². The molecule has 6 heteroatoms. The molecule has 0 atom stereocenters. The average Bonchev–Trinajstić information content (AvgIpc) is 2.96. The lowest BCUT2D eigenvalue weighted by molar-refractivity contribution is 0.199. The van der Waals surface area contributed by atoms with Crippen molar-refractivity contribution >= 4 is 11.3 Å². The van der Waals surface area contributed by atoms with E-state index in [2.05, 4.69) is 10.3 Å². The van der Waals surface area contributed by atoms with Gasteiger partial charge in [-0.3, -0.25) is 0 Å². The maximum absolute atomic E-state index is 13.9. The van der Waals surface area contributed by atoms with Gasteiger partial charge in [0.25, 0.3) is 0 Å². The van der Waals surface area contributed by atoms with Crippen molar-refractivity contribution in [3.05, 3.63) is 46.2 Å². The van der Waals surface area contributed by atoms with Gasteiger partial charge in [0.1, 0.15) is 11.6 Å². The SMILES string of the molecule is COCCNCc1cccc(F)c1OCc1nccs1. The maximum Gasteiger partial charge on any atom is 0.165 e. The minimum atomic E-state index is -0.354. The van der Waals surface area contributed by atoms with E-state index in [1.807, 2.05) is 11.4 Å². The standard InChI is InChI=1S/C14H17FN2O2S/c1-18-7-5-16-9-11-3-2-4-12(15)14(11)19-10-13-17-6-8-20-13/h2-4,6,8,16H,5,7,9-10H2,1H3. The molecule has 2 aromatic rings. The molecule has 1 aromatic heterocycles. The molecule has 1 heterocycles. The lowest BCUT2D eigenvalue weighted by Gasteiger charge is -2.12. The first-order valence-electron chi connectivity index (χ1n) is 6.29. The summed E-state index contributed by atoms with van der Waals surface area (Å²) in [5.41, 5.74) is 0.789. The molecule has 4 nitrogen and oxygen atoms in total. The zero-order valence-electron chi connectivity index (χ0n) is 11.3. The first-order valence-corrected chi connectivity index (χ1v) is 7.17. The molecule has 0 radical (unpaired) electrons. The normalized spacial score (nSPS) is 10.7. The van der Waals surface area contributed by atoms with Crippen LogP contribution in [0.1, 0.15) is 10.6 Å². The number of thiazole rings is 1. The van der Waals surface area contributed by atoms with Crippen molar-refractivity contribution in [3.8, 4) is 5.75 Å². The van der Waals surface area contributed by atoms with Crippen molar-refractivity contribution in [3.63, 3.8) is 0 Å². The van der Waals surface area contributed by atoms with Crippen molar-refractivity contribution < 1.29 is 13.9 Å². The Morgan fingerprint density at radius 3 is 3.05 bits per heavy atom.